The zero-order valence-corrected chi connectivity index (χ0v) is 27.4. The lowest BCUT2D eigenvalue weighted by molar-refractivity contribution is -0.176. The molecule has 3 atom stereocenters. The van der Waals surface area contributed by atoms with E-state index in [9.17, 15) is 10.2 Å². The summed E-state index contributed by atoms with van der Waals surface area (Å²) < 4.78 is 40.4. The molecule has 3 unspecified atom stereocenters. The maximum atomic E-state index is 9.89. The van der Waals surface area contributed by atoms with Gasteiger partial charge in [0, 0.05) is 13.2 Å². The molecule has 244 valence electrons. The van der Waals surface area contributed by atoms with Crippen molar-refractivity contribution in [2.24, 2.45) is 5.41 Å². The monoisotopic (exact) mass is 590 g/mol. The van der Waals surface area contributed by atoms with Crippen LogP contribution < -0.4 is 0 Å². The SMILES string of the molecule is C=CCOCC(O)COCCOC(C)(C)COC(C)(CC)C(C)(C)CCOC(C)(C)CCOCC(O)COCC=C. The molecule has 0 bridgehead atoms. The van der Waals surface area contributed by atoms with Crippen LogP contribution in [0.15, 0.2) is 25.3 Å². The van der Waals surface area contributed by atoms with Crippen molar-refractivity contribution in [3.63, 3.8) is 0 Å². The van der Waals surface area contributed by atoms with Gasteiger partial charge >= 0.3 is 0 Å². The highest BCUT2D eigenvalue weighted by molar-refractivity contribution is 4.91. The van der Waals surface area contributed by atoms with Gasteiger partial charge in [0.05, 0.1) is 76.3 Å². The molecule has 0 saturated carbocycles. The summed E-state index contributed by atoms with van der Waals surface area (Å²) in [7, 11) is 0. The standard InChI is InChI=1S/C32H62O9/c1-11-16-35-22-27(33)24-37-18-15-30(6,7)39-19-14-29(4,5)32(10,13-3)41-26-31(8,9)40-21-20-38-25-28(34)23-36-17-12-2/h11-12,27-28,33-34H,1-2,13-26H2,3-10H3. The van der Waals surface area contributed by atoms with Crippen molar-refractivity contribution in [2.75, 3.05) is 72.7 Å². The topological polar surface area (TPSA) is 105 Å². The molecule has 0 rings (SSSR count). The Morgan fingerprint density at radius 3 is 1.61 bits per heavy atom. The van der Waals surface area contributed by atoms with Gasteiger partial charge in [0.15, 0.2) is 0 Å². The highest BCUT2D eigenvalue weighted by Gasteiger charge is 2.42. The van der Waals surface area contributed by atoms with Crippen LogP contribution in [0.4, 0.5) is 0 Å². The zero-order valence-electron chi connectivity index (χ0n) is 27.4. The van der Waals surface area contributed by atoms with E-state index in [-0.39, 0.29) is 43.0 Å². The Balaban J connectivity index is 4.47. The van der Waals surface area contributed by atoms with Crippen LogP contribution in [0.5, 0.6) is 0 Å². The van der Waals surface area contributed by atoms with E-state index in [1.807, 2.05) is 13.8 Å². The largest absolute Gasteiger partial charge is 0.388 e. The third kappa shape index (κ3) is 19.1. The lowest BCUT2D eigenvalue weighted by Crippen LogP contribution is -2.48. The van der Waals surface area contributed by atoms with Crippen LogP contribution in [0.25, 0.3) is 0 Å². The first-order chi connectivity index (χ1) is 19.1. The molecule has 41 heavy (non-hydrogen) atoms. The van der Waals surface area contributed by atoms with Gasteiger partial charge in [0.25, 0.3) is 0 Å². The Bertz CT molecular complexity index is 680. The molecule has 0 spiro atoms. The van der Waals surface area contributed by atoms with E-state index >= 15 is 0 Å². The van der Waals surface area contributed by atoms with Gasteiger partial charge in [-0.2, -0.15) is 0 Å². The van der Waals surface area contributed by atoms with Crippen LogP contribution in [0.1, 0.15) is 74.7 Å². The molecule has 0 aromatic carbocycles. The van der Waals surface area contributed by atoms with E-state index < -0.39 is 17.8 Å². The zero-order chi connectivity index (χ0) is 31.4. The summed E-state index contributed by atoms with van der Waals surface area (Å²) in [6, 6.07) is 0. The number of hydrogen-bond acceptors (Lipinski definition) is 9. The summed E-state index contributed by atoms with van der Waals surface area (Å²) in [6.07, 6.45) is 4.36. The predicted molar refractivity (Wildman–Crippen MR) is 163 cm³/mol. The van der Waals surface area contributed by atoms with Crippen molar-refractivity contribution in [1.82, 2.24) is 0 Å². The molecule has 0 amide bonds. The summed E-state index contributed by atoms with van der Waals surface area (Å²) in [5, 5.41) is 19.7. The molecule has 9 nitrogen and oxygen atoms in total. The minimum absolute atomic E-state index is 0.146. The summed E-state index contributed by atoms with van der Waals surface area (Å²) in [5.74, 6) is 0. The second-order valence-electron chi connectivity index (χ2n) is 12.6. The molecule has 0 aromatic heterocycles. The van der Waals surface area contributed by atoms with E-state index in [4.69, 9.17) is 33.2 Å². The van der Waals surface area contributed by atoms with Gasteiger partial charge < -0.3 is 43.4 Å². The number of aliphatic hydroxyl groups excluding tert-OH is 2. The highest BCUT2D eigenvalue weighted by atomic mass is 16.6. The number of hydrogen-bond donors (Lipinski definition) is 2. The maximum Gasteiger partial charge on any atom is 0.101 e. The average molecular weight is 591 g/mol. The van der Waals surface area contributed by atoms with E-state index in [0.717, 1.165) is 12.8 Å². The fourth-order valence-electron chi connectivity index (χ4n) is 3.87. The summed E-state index contributed by atoms with van der Waals surface area (Å²) in [5.41, 5.74) is -1.37. The van der Waals surface area contributed by atoms with E-state index in [1.165, 1.54) is 0 Å². The van der Waals surface area contributed by atoms with Crippen molar-refractivity contribution in [1.29, 1.82) is 0 Å². The van der Waals surface area contributed by atoms with E-state index in [1.54, 1.807) is 12.2 Å². The molecule has 9 heteroatoms. The third-order valence-corrected chi connectivity index (χ3v) is 7.35. The lowest BCUT2D eigenvalue weighted by atomic mass is 9.72. The van der Waals surface area contributed by atoms with E-state index in [0.29, 0.717) is 52.7 Å². The second-order valence-corrected chi connectivity index (χ2v) is 12.6. The Kier molecular flexibility index (Phi) is 20.5. The molecule has 0 aliphatic rings. The van der Waals surface area contributed by atoms with Crippen molar-refractivity contribution in [3.8, 4) is 0 Å². The molecule has 0 heterocycles. The van der Waals surface area contributed by atoms with Crippen molar-refractivity contribution in [2.45, 2.75) is 104 Å². The molecule has 0 aromatic rings. The Morgan fingerprint density at radius 2 is 1.10 bits per heavy atom. The first kappa shape index (κ1) is 40.1. The van der Waals surface area contributed by atoms with Crippen molar-refractivity contribution < 1.29 is 43.4 Å². The molecule has 2 N–H and O–H groups in total. The van der Waals surface area contributed by atoms with Crippen LogP contribution in [0.2, 0.25) is 0 Å². The second kappa shape index (κ2) is 20.9. The van der Waals surface area contributed by atoms with Gasteiger partial charge in [-0.3, -0.25) is 0 Å². The number of aliphatic hydroxyl groups is 2. The maximum absolute atomic E-state index is 9.89. The Hall–Kier alpha value is -0.880. The Labute approximate surface area is 250 Å². The first-order valence-corrected chi connectivity index (χ1v) is 14.9. The van der Waals surface area contributed by atoms with Gasteiger partial charge in [-0.05, 0) is 59.3 Å². The molecule has 0 radical (unpaired) electrons. The van der Waals surface area contributed by atoms with Gasteiger partial charge in [-0.1, -0.05) is 32.9 Å². The van der Waals surface area contributed by atoms with Crippen molar-refractivity contribution >= 4 is 0 Å². The van der Waals surface area contributed by atoms with Gasteiger partial charge in [0.1, 0.15) is 12.2 Å². The van der Waals surface area contributed by atoms with Gasteiger partial charge in [-0.15, -0.1) is 13.2 Å². The molecule has 0 aliphatic heterocycles. The number of rotatable bonds is 28. The highest BCUT2D eigenvalue weighted by Crippen LogP contribution is 2.40. The van der Waals surface area contributed by atoms with Gasteiger partial charge in [0.2, 0.25) is 0 Å². The molecule has 0 saturated heterocycles. The lowest BCUT2D eigenvalue weighted by Gasteiger charge is -2.45. The molecule has 0 aliphatic carbocycles. The van der Waals surface area contributed by atoms with Crippen LogP contribution in [0.3, 0.4) is 0 Å². The summed E-state index contributed by atoms with van der Waals surface area (Å²) in [4.78, 5) is 0. The van der Waals surface area contributed by atoms with E-state index in [2.05, 4.69) is 54.7 Å². The summed E-state index contributed by atoms with van der Waals surface area (Å²) >= 11 is 0. The summed E-state index contributed by atoms with van der Waals surface area (Å²) in [6.45, 7) is 28.0. The molecule has 0 fully saturated rings. The smallest absolute Gasteiger partial charge is 0.101 e. The minimum atomic E-state index is -0.673. The number of ether oxygens (including phenoxy) is 7. The van der Waals surface area contributed by atoms with Gasteiger partial charge in [-0.25, -0.2) is 0 Å². The fraction of sp³-hybridized carbons (Fsp3) is 0.875. The predicted octanol–water partition coefficient (Wildman–Crippen LogP) is 4.73. The Morgan fingerprint density at radius 1 is 0.610 bits per heavy atom. The molecular formula is C32H62O9. The fourth-order valence-corrected chi connectivity index (χ4v) is 3.87. The van der Waals surface area contributed by atoms with Crippen LogP contribution >= 0.6 is 0 Å². The van der Waals surface area contributed by atoms with Crippen molar-refractivity contribution in [3.05, 3.63) is 25.3 Å². The third-order valence-electron chi connectivity index (χ3n) is 7.35. The average Bonchev–Trinajstić information content (AvgIpc) is 2.89. The minimum Gasteiger partial charge on any atom is -0.388 e. The first-order valence-electron chi connectivity index (χ1n) is 14.9. The van der Waals surface area contributed by atoms with Crippen LogP contribution in [0, 0.1) is 5.41 Å². The normalized spacial score (nSPS) is 15.9. The quantitative estimate of drug-likeness (QED) is 0.0989. The van der Waals surface area contributed by atoms with Crippen LogP contribution in [-0.2, 0) is 33.2 Å². The molecular weight excluding hydrogens is 528 g/mol. The van der Waals surface area contributed by atoms with Crippen LogP contribution in [-0.4, -0.2) is 112 Å².